The van der Waals surface area contributed by atoms with Gasteiger partial charge in [-0.3, -0.25) is 4.79 Å². The predicted molar refractivity (Wildman–Crippen MR) is 350 cm³/mol. The van der Waals surface area contributed by atoms with Crippen molar-refractivity contribution in [2.75, 3.05) is 13.2 Å². The van der Waals surface area contributed by atoms with E-state index in [9.17, 15) is 30.3 Å². The third-order valence-electron chi connectivity index (χ3n) is 16.5. The largest absolute Gasteiger partial charge is 0.394 e. The lowest BCUT2D eigenvalue weighted by molar-refractivity contribution is -0.302. The highest BCUT2D eigenvalue weighted by Crippen LogP contribution is 2.23. The van der Waals surface area contributed by atoms with Crippen molar-refractivity contribution in [1.82, 2.24) is 5.32 Å². The van der Waals surface area contributed by atoms with Gasteiger partial charge in [0.2, 0.25) is 5.91 Å². The quantitative estimate of drug-likeness (QED) is 0.0261. The van der Waals surface area contributed by atoms with Gasteiger partial charge in [0.25, 0.3) is 0 Å². The van der Waals surface area contributed by atoms with Crippen molar-refractivity contribution in [3.8, 4) is 0 Å². The van der Waals surface area contributed by atoms with Crippen LogP contribution in [0, 0.1) is 0 Å². The summed E-state index contributed by atoms with van der Waals surface area (Å²) in [5.74, 6) is -0.191. The highest BCUT2D eigenvalue weighted by molar-refractivity contribution is 5.76. The molecular formula is C73H133NO8. The second-order valence-electron chi connectivity index (χ2n) is 24.3. The van der Waals surface area contributed by atoms with Gasteiger partial charge in [-0.25, -0.2) is 0 Å². The number of carbonyl (C=O) groups is 1. The minimum absolute atomic E-state index is 0.191. The maximum Gasteiger partial charge on any atom is 0.220 e. The van der Waals surface area contributed by atoms with Crippen LogP contribution in [0.15, 0.2) is 72.9 Å². The molecule has 7 unspecified atom stereocenters. The van der Waals surface area contributed by atoms with E-state index in [4.69, 9.17) is 9.47 Å². The molecule has 0 saturated carbocycles. The maximum atomic E-state index is 13.1. The van der Waals surface area contributed by atoms with Gasteiger partial charge in [0.05, 0.1) is 25.4 Å². The molecule has 0 radical (unpaired) electrons. The van der Waals surface area contributed by atoms with Gasteiger partial charge < -0.3 is 40.3 Å². The zero-order valence-corrected chi connectivity index (χ0v) is 53.5. The Bertz CT molecular complexity index is 1520. The van der Waals surface area contributed by atoms with Crippen molar-refractivity contribution >= 4 is 5.91 Å². The fourth-order valence-corrected chi connectivity index (χ4v) is 11.0. The van der Waals surface area contributed by atoms with Crippen molar-refractivity contribution < 1.29 is 39.8 Å². The number of allylic oxidation sites excluding steroid dienone is 11. The normalized spacial score (nSPS) is 18.7. The number of nitrogens with one attached hydrogen (secondary N) is 1. The van der Waals surface area contributed by atoms with Crippen LogP contribution in [0.3, 0.4) is 0 Å². The second-order valence-corrected chi connectivity index (χ2v) is 24.3. The molecule has 1 saturated heterocycles. The third kappa shape index (κ3) is 49.8. The van der Waals surface area contributed by atoms with Gasteiger partial charge in [-0.1, -0.05) is 311 Å². The zero-order chi connectivity index (χ0) is 59.3. The number of amides is 1. The van der Waals surface area contributed by atoms with Gasteiger partial charge in [-0.2, -0.15) is 0 Å². The summed E-state index contributed by atoms with van der Waals surface area (Å²) in [4.78, 5) is 13.1. The molecule has 1 amide bonds. The summed E-state index contributed by atoms with van der Waals surface area (Å²) in [6.07, 6.45) is 80.1. The molecule has 0 aliphatic carbocycles. The first kappa shape index (κ1) is 77.6. The van der Waals surface area contributed by atoms with Crippen LogP contribution in [-0.2, 0) is 14.3 Å². The van der Waals surface area contributed by atoms with E-state index < -0.39 is 49.5 Å². The second kappa shape index (κ2) is 61.7. The number of carbonyl (C=O) groups excluding carboxylic acids is 1. The molecule has 1 rings (SSSR count). The van der Waals surface area contributed by atoms with E-state index in [-0.39, 0.29) is 12.5 Å². The number of aliphatic hydroxyl groups excluding tert-OH is 5. The van der Waals surface area contributed by atoms with E-state index in [2.05, 4.69) is 79.9 Å². The number of hydrogen-bond donors (Lipinski definition) is 6. The number of aliphatic hydroxyl groups is 5. The molecule has 7 atom stereocenters. The summed E-state index contributed by atoms with van der Waals surface area (Å²) >= 11 is 0. The number of hydrogen-bond acceptors (Lipinski definition) is 8. The van der Waals surface area contributed by atoms with Crippen molar-refractivity contribution in [3.05, 3.63) is 72.9 Å². The molecule has 0 spiro atoms. The van der Waals surface area contributed by atoms with Gasteiger partial charge in [-0.05, 0) is 83.5 Å². The first-order valence-corrected chi connectivity index (χ1v) is 35.2. The van der Waals surface area contributed by atoms with Gasteiger partial charge in [-0.15, -0.1) is 0 Å². The molecule has 9 heteroatoms. The van der Waals surface area contributed by atoms with Crippen LogP contribution in [0.4, 0.5) is 0 Å². The Labute approximate surface area is 506 Å². The molecular weight excluding hydrogens is 1020 g/mol. The summed E-state index contributed by atoms with van der Waals surface area (Å²) in [5, 5.41) is 54.7. The van der Waals surface area contributed by atoms with Gasteiger partial charge in [0.1, 0.15) is 24.4 Å². The van der Waals surface area contributed by atoms with Crippen LogP contribution in [0.25, 0.3) is 0 Å². The molecule has 0 aromatic heterocycles. The third-order valence-corrected chi connectivity index (χ3v) is 16.5. The highest BCUT2D eigenvalue weighted by atomic mass is 16.7. The Morgan fingerprint density at radius 3 is 1.11 bits per heavy atom. The van der Waals surface area contributed by atoms with Crippen LogP contribution in [0.5, 0.6) is 0 Å². The molecule has 82 heavy (non-hydrogen) atoms. The number of ether oxygens (including phenoxy) is 2. The first-order chi connectivity index (χ1) is 40.3. The highest BCUT2D eigenvalue weighted by Gasteiger charge is 2.44. The van der Waals surface area contributed by atoms with E-state index in [0.29, 0.717) is 6.42 Å². The van der Waals surface area contributed by atoms with E-state index in [0.717, 1.165) is 57.8 Å². The molecule has 1 aliphatic rings. The summed E-state index contributed by atoms with van der Waals surface area (Å²) in [5.41, 5.74) is 0. The van der Waals surface area contributed by atoms with Crippen molar-refractivity contribution in [2.45, 2.75) is 371 Å². The zero-order valence-electron chi connectivity index (χ0n) is 53.5. The fourth-order valence-electron chi connectivity index (χ4n) is 11.0. The molecule has 1 fully saturated rings. The molecule has 0 aromatic carbocycles. The average Bonchev–Trinajstić information content (AvgIpc) is 3.53. The summed E-state index contributed by atoms with van der Waals surface area (Å²) in [6.45, 7) is 3.78. The summed E-state index contributed by atoms with van der Waals surface area (Å²) in [7, 11) is 0. The molecule has 1 aliphatic heterocycles. The van der Waals surface area contributed by atoms with Crippen molar-refractivity contribution in [3.63, 3.8) is 0 Å². The molecule has 0 bridgehead atoms. The monoisotopic (exact) mass is 1150 g/mol. The van der Waals surface area contributed by atoms with E-state index in [1.807, 2.05) is 6.08 Å². The Hall–Kier alpha value is -2.37. The minimum Gasteiger partial charge on any atom is -0.394 e. The van der Waals surface area contributed by atoms with Gasteiger partial charge >= 0.3 is 0 Å². The molecule has 1 heterocycles. The lowest BCUT2D eigenvalue weighted by Gasteiger charge is -2.40. The standard InChI is InChI=1S/C73H133NO8/c1-3-5-7-9-11-13-15-17-19-21-23-25-27-29-31-32-33-34-35-37-38-40-42-44-46-48-50-52-54-56-58-60-62-67(76)66(65-81-73-72(80)71(79)70(78)68(64-75)82-73)74-69(77)63-61-59-57-55-53-51-49-47-45-43-41-39-36-30-28-26-24-22-20-18-16-14-12-10-8-6-4-2/h16,18,22,24,28,30,44,46,52,54,60,62,66-68,70-73,75-76,78-80H,3-15,17,19-21,23,25-27,29,31-43,45,47-51,53,55-59,61,63-65H2,1-2H3,(H,74,77)/b18-16-,24-22-,30-28-,46-44+,54-52+,62-60+. The van der Waals surface area contributed by atoms with Crippen LogP contribution in [0.1, 0.15) is 328 Å². The first-order valence-electron chi connectivity index (χ1n) is 35.2. The van der Waals surface area contributed by atoms with Crippen LogP contribution < -0.4 is 5.32 Å². The molecule has 9 nitrogen and oxygen atoms in total. The average molecular weight is 1150 g/mol. The van der Waals surface area contributed by atoms with E-state index >= 15 is 0 Å². The topological polar surface area (TPSA) is 149 Å². The SMILES string of the molecule is CCCCCCC/C=C\C/C=C\C/C=C\CCCCCCCCCCCCCCC(=O)NC(COC1OC(CO)C(O)C(O)C1O)C(O)/C=C/CC/C=C/CC/C=C/CCCCCCCCCCCCCCCCCCCCCCCC. The number of unbranched alkanes of at least 4 members (excludes halogenated alkanes) is 41. The maximum absolute atomic E-state index is 13.1. The summed E-state index contributed by atoms with van der Waals surface area (Å²) in [6, 6.07) is -0.835. The molecule has 478 valence electrons. The van der Waals surface area contributed by atoms with Crippen molar-refractivity contribution in [1.29, 1.82) is 0 Å². The van der Waals surface area contributed by atoms with E-state index in [1.54, 1.807) is 6.08 Å². The molecule has 0 aromatic rings. The van der Waals surface area contributed by atoms with Crippen LogP contribution >= 0.6 is 0 Å². The minimum atomic E-state index is -1.58. The number of rotatable bonds is 61. The Kier molecular flexibility index (Phi) is 58.4. The summed E-state index contributed by atoms with van der Waals surface area (Å²) < 4.78 is 11.3. The van der Waals surface area contributed by atoms with E-state index in [1.165, 1.54) is 250 Å². The predicted octanol–water partition coefficient (Wildman–Crippen LogP) is 19.1. The Morgan fingerprint density at radius 1 is 0.415 bits per heavy atom. The van der Waals surface area contributed by atoms with Gasteiger partial charge in [0, 0.05) is 6.42 Å². The van der Waals surface area contributed by atoms with Gasteiger partial charge in [0.15, 0.2) is 6.29 Å². The Balaban J connectivity index is 2.17. The Morgan fingerprint density at radius 2 is 0.732 bits per heavy atom. The van der Waals surface area contributed by atoms with Crippen LogP contribution in [-0.4, -0.2) is 87.5 Å². The lowest BCUT2D eigenvalue weighted by atomic mass is 9.99. The lowest BCUT2D eigenvalue weighted by Crippen LogP contribution is -2.60. The smallest absolute Gasteiger partial charge is 0.220 e. The van der Waals surface area contributed by atoms with Crippen molar-refractivity contribution in [2.24, 2.45) is 0 Å². The molecule has 6 N–H and O–H groups in total. The fraction of sp³-hybridized carbons (Fsp3) is 0.822. The van der Waals surface area contributed by atoms with Crippen LogP contribution in [0.2, 0.25) is 0 Å².